The van der Waals surface area contributed by atoms with Crippen molar-refractivity contribution in [2.24, 2.45) is 5.92 Å². The van der Waals surface area contributed by atoms with Gasteiger partial charge in [0.25, 0.3) is 10.0 Å². The van der Waals surface area contributed by atoms with Gasteiger partial charge in [-0.05, 0) is 40.5 Å². The molecule has 1 atom stereocenters. The third-order valence-corrected chi connectivity index (χ3v) is 6.85. The second kappa shape index (κ2) is 7.90. The fourth-order valence-electron chi connectivity index (χ4n) is 2.41. The smallest absolute Gasteiger partial charge is 0.250 e. The number of thiophene rings is 1. The van der Waals surface area contributed by atoms with E-state index in [-0.39, 0.29) is 21.4 Å². The van der Waals surface area contributed by atoms with E-state index < -0.39 is 16.1 Å². The van der Waals surface area contributed by atoms with Crippen LogP contribution in [0.15, 0.2) is 46.0 Å². The van der Waals surface area contributed by atoms with Gasteiger partial charge in [0.15, 0.2) is 0 Å². The van der Waals surface area contributed by atoms with Crippen molar-refractivity contribution in [3.63, 3.8) is 0 Å². The average Bonchev–Trinajstić information content (AvgIpc) is 3.07. The number of hydrogen-bond donors (Lipinski definition) is 2. The van der Waals surface area contributed by atoms with Gasteiger partial charge in [-0.1, -0.05) is 52.8 Å². The summed E-state index contributed by atoms with van der Waals surface area (Å²) in [5.41, 5.74) is 1.83. The molecule has 0 aliphatic carbocycles. The van der Waals surface area contributed by atoms with Crippen LogP contribution < -0.4 is 10.0 Å². The first-order valence-corrected chi connectivity index (χ1v) is 10.8. The van der Waals surface area contributed by atoms with Crippen molar-refractivity contribution in [3.8, 4) is 0 Å². The zero-order valence-corrected chi connectivity index (χ0v) is 17.4. The van der Waals surface area contributed by atoms with Gasteiger partial charge < -0.3 is 5.32 Å². The van der Waals surface area contributed by atoms with Gasteiger partial charge >= 0.3 is 0 Å². The fraction of sp³-hybridized carbons (Fsp3) is 0.421. The SMILES string of the molecule is CC(C)C(NS(=O)(=O)c1cccs1)C(=O)Nc1ccc(C(C)(C)C)cc1. The number of sulfonamides is 1. The van der Waals surface area contributed by atoms with E-state index in [1.165, 1.54) is 6.07 Å². The molecule has 0 saturated heterocycles. The van der Waals surface area contributed by atoms with Crippen LogP contribution in [0.5, 0.6) is 0 Å². The highest BCUT2D eigenvalue weighted by Crippen LogP contribution is 2.24. The maximum absolute atomic E-state index is 12.6. The molecule has 1 heterocycles. The van der Waals surface area contributed by atoms with E-state index in [1.807, 2.05) is 38.1 Å². The van der Waals surface area contributed by atoms with Crippen molar-refractivity contribution >= 4 is 33.0 Å². The maximum atomic E-state index is 12.6. The summed E-state index contributed by atoms with van der Waals surface area (Å²) in [5, 5.41) is 4.50. The van der Waals surface area contributed by atoms with Crippen LogP contribution in [-0.4, -0.2) is 20.4 Å². The van der Waals surface area contributed by atoms with Crippen LogP contribution in [0.25, 0.3) is 0 Å². The third-order valence-electron chi connectivity index (χ3n) is 4.01. The van der Waals surface area contributed by atoms with Gasteiger partial charge in [0, 0.05) is 5.69 Å². The molecule has 1 unspecified atom stereocenters. The molecule has 5 nitrogen and oxygen atoms in total. The van der Waals surface area contributed by atoms with Crippen LogP contribution in [0.1, 0.15) is 40.2 Å². The highest BCUT2D eigenvalue weighted by atomic mass is 32.2. The number of nitrogens with one attached hydrogen (secondary N) is 2. The predicted molar refractivity (Wildman–Crippen MR) is 107 cm³/mol. The second-order valence-electron chi connectivity index (χ2n) is 7.59. The van der Waals surface area contributed by atoms with E-state index in [0.29, 0.717) is 5.69 Å². The highest BCUT2D eigenvalue weighted by molar-refractivity contribution is 7.91. The second-order valence-corrected chi connectivity index (χ2v) is 10.5. The largest absolute Gasteiger partial charge is 0.325 e. The zero-order valence-electron chi connectivity index (χ0n) is 15.7. The lowest BCUT2D eigenvalue weighted by Crippen LogP contribution is -2.46. The van der Waals surface area contributed by atoms with Crippen molar-refractivity contribution in [1.29, 1.82) is 0 Å². The molecule has 0 aliphatic heterocycles. The number of carbonyl (C=O) groups is 1. The Labute approximate surface area is 159 Å². The fourth-order valence-corrected chi connectivity index (χ4v) is 4.76. The van der Waals surface area contributed by atoms with E-state index in [4.69, 9.17) is 0 Å². The summed E-state index contributed by atoms with van der Waals surface area (Å²) in [5.74, 6) is -0.567. The number of hydrogen-bond acceptors (Lipinski definition) is 4. The highest BCUT2D eigenvalue weighted by Gasteiger charge is 2.29. The van der Waals surface area contributed by atoms with E-state index in [0.717, 1.165) is 16.9 Å². The molecule has 1 amide bonds. The van der Waals surface area contributed by atoms with Gasteiger partial charge in [-0.15, -0.1) is 11.3 Å². The maximum Gasteiger partial charge on any atom is 0.250 e. The summed E-state index contributed by atoms with van der Waals surface area (Å²) in [6, 6.07) is 9.94. The Morgan fingerprint density at radius 1 is 1.08 bits per heavy atom. The van der Waals surface area contributed by atoms with Gasteiger partial charge in [-0.2, -0.15) is 4.72 Å². The Hall–Kier alpha value is -1.70. The van der Waals surface area contributed by atoms with E-state index >= 15 is 0 Å². The summed E-state index contributed by atoms with van der Waals surface area (Å²) in [6.45, 7) is 9.98. The number of carbonyl (C=O) groups excluding carboxylic acids is 1. The van der Waals surface area contributed by atoms with Gasteiger partial charge in [-0.25, -0.2) is 8.42 Å². The summed E-state index contributed by atoms with van der Waals surface area (Å²) >= 11 is 1.12. The van der Waals surface area contributed by atoms with Crippen LogP contribution in [-0.2, 0) is 20.2 Å². The third kappa shape index (κ3) is 5.16. The minimum absolute atomic E-state index is 0.0271. The van der Waals surface area contributed by atoms with E-state index in [9.17, 15) is 13.2 Å². The first-order chi connectivity index (χ1) is 12.0. The van der Waals surface area contributed by atoms with Crippen molar-refractivity contribution < 1.29 is 13.2 Å². The van der Waals surface area contributed by atoms with Crippen LogP contribution >= 0.6 is 11.3 Å². The summed E-state index contributed by atoms with van der Waals surface area (Å²) in [4.78, 5) is 12.6. The Morgan fingerprint density at radius 3 is 2.15 bits per heavy atom. The van der Waals surface area contributed by atoms with Crippen LogP contribution in [0.2, 0.25) is 0 Å². The molecular weight excluding hydrogens is 368 g/mol. The van der Waals surface area contributed by atoms with Crippen LogP contribution in [0.4, 0.5) is 5.69 Å². The molecule has 0 spiro atoms. The summed E-state index contributed by atoms with van der Waals surface area (Å²) in [7, 11) is -3.72. The zero-order chi connectivity index (χ0) is 19.5. The molecule has 0 bridgehead atoms. The number of amides is 1. The quantitative estimate of drug-likeness (QED) is 0.778. The van der Waals surface area contributed by atoms with Crippen molar-refractivity contribution in [3.05, 3.63) is 47.3 Å². The molecule has 0 aliphatic rings. The Morgan fingerprint density at radius 2 is 1.69 bits per heavy atom. The molecule has 26 heavy (non-hydrogen) atoms. The minimum Gasteiger partial charge on any atom is -0.325 e. The molecule has 1 aromatic heterocycles. The lowest BCUT2D eigenvalue weighted by atomic mass is 9.87. The van der Waals surface area contributed by atoms with Gasteiger partial charge in [0.05, 0.1) is 0 Å². The molecule has 0 radical (unpaired) electrons. The van der Waals surface area contributed by atoms with Gasteiger partial charge in [-0.3, -0.25) is 4.79 Å². The molecular formula is C19H26N2O3S2. The lowest BCUT2D eigenvalue weighted by molar-refractivity contribution is -0.118. The molecule has 2 aromatic rings. The standard InChI is InChI=1S/C19H26N2O3S2/c1-13(2)17(21-26(23,24)16-7-6-12-25-16)18(22)20-15-10-8-14(9-11-15)19(3,4)5/h6-13,17,21H,1-5H3,(H,20,22). The lowest BCUT2D eigenvalue weighted by Gasteiger charge is -2.22. The molecule has 2 rings (SSSR count). The molecule has 7 heteroatoms. The molecule has 2 N–H and O–H groups in total. The molecule has 0 fully saturated rings. The van der Waals surface area contributed by atoms with Gasteiger partial charge in [0.2, 0.25) is 5.91 Å². The predicted octanol–water partition coefficient (Wildman–Crippen LogP) is 3.99. The first kappa shape index (κ1) is 20.6. The van der Waals surface area contributed by atoms with E-state index in [2.05, 4.69) is 30.8 Å². The van der Waals surface area contributed by atoms with Gasteiger partial charge in [0.1, 0.15) is 10.3 Å². The normalized spacial score (nSPS) is 13.6. The van der Waals surface area contributed by atoms with Crippen LogP contribution in [0.3, 0.4) is 0 Å². The topological polar surface area (TPSA) is 75.3 Å². The van der Waals surface area contributed by atoms with Crippen molar-refractivity contribution in [1.82, 2.24) is 4.72 Å². The van der Waals surface area contributed by atoms with Crippen LogP contribution in [0, 0.1) is 5.92 Å². The van der Waals surface area contributed by atoms with Crippen molar-refractivity contribution in [2.75, 3.05) is 5.32 Å². The Balaban J connectivity index is 2.14. The molecule has 142 valence electrons. The average molecular weight is 395 g/mol. The minimum atomic E-state index is -3.72. The Bertz CT molecular complexity index is 834. The summed E-state index contributed by atoms with van der Waals surface area (Å²) < 4.78 is 27.6. The molecule has 1 aromatic carbocycles. The Kier molecular flexibility index (Phi) is 6.26. The number of rotatable bonds is 6. The monoisotopic (exact) mass is 394 g/mol. The number of anilines is 1. The van der Waals surface area contributed by atoms with Crippen molar-refractivity contribution in [2.45, 2.75) is 50.3 Å². The van der Waals surface area contributed by atoms with E-state index in [1.54, 1.807) is 11.4 Å². The number of benzene rings is 1. The summed E-state index contributed by atoms with van der Waals surface area (Å²) in [6.07, 6.45) is 0. The first-order valence-electron chi connectivity index (χ1n) is 8.48. The molecule has 0 saturated carbocycles.